The average Bonchev–Trinajstić information content (AvgIpc) is 3.38. The molecule has 0 fully saturated rings. The summed E-state index contributed by atoms with van der Waals surface area (Å²) in [4.78, 5) is 0. The second-order valence-electron chi connectivity index (χ2n) is 15.4. The van der Waals surface area contributed by atoms with Crippen LogP contribution in [0.15, 0.2) is 255 Å². The fourth-order valence-electron chi connectivity index (χ4n) is 8.61. The standard InChI is InChI=1S/C30H24P2.2C16H9.2Au/c1-5-15-25(16-6-1)31(26-17-7-2-8-18-26)29-23-13-14-24-30(29)32(27-19-9-3-10-20-27)28-21-11-4-12-22-28;2*1-2-12-11-13-7-3-4-9-15(13)16-10-6-5-8-14(12)16;;/h1-24H;2*3-11H;;/q;2*-1;2*+1/p+2. The summed E-state index contributed by atoms with van der Waals surface area (Å²) in [7, 11) is -2.28. The molecule has 0 aromatic heterocycles. The first-order valence-corrected chi connectivity index (χ1v) is 24.4. The second kappa shape index (κ2) is 23.4. The Morgan fingerprint density at radius 2 is 0.500 bits per heavy atom. The minimum atomic E-state index is -1.14. The predicted octanol–water partition coefficient (Wildman–Crippen LogP) is 12.5. The summed E-state index contributed by atoms with van der Waals surface area (Å²) >= 11 is 0. The van der Waals surface area contributed by atoms with E-state index in [0.29, 0.717) is 0 Å². The molecule has 0 nitrogen and oxygen atoms in total. The van der Waals surface area contributed by atoms with Gasteiger partial charge in [-0.2, -0.15) is 0 Å². The minimum absolute atomic E-state index is 0. The molecule has 0 radical (unpaired) electrons. The summed E-state index contributed by atoms with van der Waals surface area (Å²) in [6, 6.07) is 90.3. The first kappa shape index (κ1) is 47.9. The molecule has 322 valence electrons. The topological polar surface area (TPSA) is 0 Å². The van der Waals surface area contributed by atoms with Crippen molar-refractivity contribution in [1.82, 2.24) is 0 Å². The van der Waals surface area contributed by atoms with Crippen LogP contribution in [0.5, 0.6) is 0 Å². The molecule has 66 heavy (non-hydrogen) atoms. The van der Waals surface area contributed by atoms with Gasteiger partial charge in [0, 0.05) is 0 Å². The zero-order chi connectivity index (χ0) is 43.5. The van der Waals surface area contributed by atoms with E-state index >= 15 is 0 Å². The second-order valence-corrected chi connectivity index (χ2v) is 20.3. The third-order valence-electron chi connectivity index (χ3n) is 11.5. The summed E-state index contributed by atoms with van der Waals surface area (Å²) in [6.07, 6.45) is 14.7. The van der Waals surface area contributed by atoms with Gasteiger partial charge in [0.15, 0.2) is 0 Å². The minimum Gasteiger partial charge on any atom is -0.366 e. The summed E-state index contributed by atoms with van der Waals surface area (Å²) in [6.45, 7) is 0. The van der Waals surface area contributed by atoms with Crippen LogP contribution in [0.25, 0.3) is 43.1 Å². The van der Waals surface area contributed by atoms with E-state index < -0.39 is 15.8 Å². The molecule has 0 aliphatic heterocycles. The fraction of sp³-hybridized carbons (Fsp3) is 0. The Morgan fingerprint density at radius 3 is 0.803 bits per heavy atom. The smallest absolute Gasteiger partial charge is 0.366 e. The zero-order valence-electron chi connectivity index (χ0n) is 35.9. The average molecular weight is 1240 g/mol. The molecule has 0 unspecified atom stereocenters. The SMILES string of the molecule is [Au+].[Au+].[C-]#Cc1cc2ccccc2c2ccccc12.[C-]#Cc1cc2ccccc2c2ccccc12.c1ccc([PH+](c2ccccc2)c2ccccc2[PH+](c2ccccc2)c2ccccc2)cc1. The van der Waals surface area contributed by atoms with Crippen LogP contribution in [0.3, 0.4) is 0 Å². The van der Waals surface area contributed by atoms with Crippen LogP contribution >= 0.6 is 15.8 Å². The molecule has 11 aromatic carbocycles. The van der Waals surface area contributed by atoms with Crippen LogP contribution in [-0.4, -0.2) is 0 Å². The van der Waals surface area contributed by atoms with Crippen molar-refractivity contribution in [2.45, 2.75) is 0 Å². The Labute approximate surface area is 422 Å². The molecule has 0 atom stereocenters. The molecule has 0 aliphatic rings. The van der Waals surface area contributed by atoms with Crippen molar-refractivity contribution in [3.8, 4) is 11.8 Å². The summed E-state index contributed by atoms with van der Waals surface area (Å²) in [5.74, 6) is 5.02. The number of hydrogen-bond acceptors (Lipinski definition) is 0. The van der Waals surface area contributed by atoms with Crippen molar-refractivity contribution in [1.29, 1.82) is 0 Å². The number of fused-ring (bicyclic) bond motifs is 6. The van der Waals surface area contributed by atoms with Gasteiger partial charge < -0.3 is 12.8 Å². The molecule has 0 aliphatic carbocycles. The molecular formula is C62H44Au2P2+2. The van der Waals surface area contributed by atoms with Crippen molar-refractivity contribution >= 4 is 90.8 Å². The van der Waals surface area contributed by atoms with E-state index in [9.17, 15) is 0 Å². The third-order valence-corrected chi connectivity index (χ3v) is 17.4. The van der Waals surface area contributed by atoms with Crippen molar-refractivity contribution in [3.05, 3.63) is 279 Å². The predicted molar refractivity (Wildman–Crippen MR) is 282 cm³/mol. The number of benzene rings is 11. The first-order chi connectivity index (χ1) is 31.7. The maximum Gasteiger partial charge on any atom is 1.00 e. The van der Waals surface area contributed by atoms with Crippen LogP contribution in [0.1, 0.15) is 11.1 Å². The molecule has 0 bridgehead atoms. The van der Waals surface area contributed by atoms with Crippen LogP contribution in [-0.2, 0) is 44.8 Å². The van der Waals surface area contributed by atoms with E-state index in [4.69, 9.17) is 12.8 Å². The molecule has 0 amide bonds. The monoisotopic (exact) mass is 1240 g/mol. The van der Waals surface area contributed by atoms with E-state index in [1.165, 1.54) is 53.4 Å². The van der Waals surface area contributed by atoms with E-state index in [-0.39, 0.29) is 44.8 Å². The molecule has 0 N–H and O–H groups in total. The van der Waals surface area contributed by atoms with Gasteiger partial charge in [-0.15, -0.1) is 23.3 Å². The van der Waals surface area contributed by atoms with Gasteiger partial charge in [-0.05, 0) is 93.0 Å². The van der Waals surface area contributed by atoms with E-state index in [2.05, 4.69) is 194 Å². The van der Waals surface area contributed by atoms with Crippen LogP contribution in [0.2, 0.25) is 0 Å². The molecule has 4 heteroatoms. The van der Waals surface area contributed by atoms with Gasteiger partial charge in [0.25, 0.3) is 0 Å². The number of hydrogen-bond donors (Lipinski definition) is 0. The largest absolute Gasteiger partial charge is 1.00 e. The summed E-state index contributed by atoms with van der Waals surface area (Å²) in [5.41, 5.74) is 1.71. The van der Waals surface area contributed by atoms with Gasteiger partial charge in [0.2, 0.25) is 0 Å². The molecule has 0 spiro atoms. The normalized spacial score (nSPS) is 10.4. The van der Waals surface area contributed by atoms with Gasteiger partial charge in [-0.3, -0.25) is 11.8 Å². The molecule has 0 saturated heterocycles. The maximum atomic E-state index is 7.35. The molecular weight excluding hydrogens is 1200 g/mol. The van der Waals surface area contributed by atoms with Crippen LogP contribution < -0.4 is 31.8 Å². The number of rotatable bonds is 6. The van der Waals surface area contributed by atoms with Gasteiger partial charge in [0.05, 0.1) is 0 Å². The van der Waals surface area contributed by atoms with Crippen LogP contribution in [0, 0.1) is 24.7 Å². The Hall–Kier alpha value is -6.08. The first-order valence-electron chi connectivity index (χ1n) is 21.4. The van der Waals surface area contributed by atoms with Crippen molar-refractivity contribution < 1.29 is 44.8 Å². The Bertz CT molecular complexity index is 3110. The van der Waals surface area contributed by atoms with Crippen LogP contribution in [0.4, 0.5) is 0 Å². The molecule has 11 aromatic rings. The fourth-order valence-corrected chi connectivity index (χ4v) is 14.6. The third kappa shape index (κ3) is 10.6. The zero-order valence-corrected chi connectivity index (χ0v) is 42.2. The summed E-state index contributed by atoms with van der Waals surface area (Å²) in [5, 5.41) is 18.1. The summed E-state index contributed by atoms with van der Waals surface area (Å²) < 4.78 is 0. The Kier molecular flexibility index (Phi) is 17.0. The van der Waals surface area contributed by atoms with E-state index in [1.54, 1.807) is 0 Å². The molecule has 0 saturated carbocycles. The van der Waals surface area contributed by atoms with E-state index in [1.807, 2.05) is 72.8 Å². The van der Waals surface area contributed by atoms with Gasteiger partial charge in [-0.1, -0.05) is 193 Å². The van der Waals surface area contributed by atoms with Gasteiger partial charge >= 0.3 is 44.8 Å². The Balaban J connectivity index is 0.000000160. The molecule has 11 rings (SSSR count). The molecule has 0 heterocycles. The van der Waals surface area contributed by atoms with Crippen molar-refractivity contribution in [3.63, 3.8) is 0 Å². The Morgan fingerprint density at radius 1 is 0.258 bits per heavy atom. The quantitative estimate of drug-likeness (QED) is 0.0512. The maximum absolute atomic E-state index is 7.35. The van der Waals surface area contributed by atoms with Gasteiger partial charge in [0.1, 0.15) is 47.7 Å². The van der Waals surface area contributed by atoms with Gasteiger partial charge in [-0.25, -0.2) is 0 Å². The van der Waals surface area contributed by atoms with Crippen molar-refractivity contribution in [2.75, 3.05) is 0 Å². The van der Waals surface area contributed by atoms with Crippen molar-refractivity contribution in [2.24, 2.45) is 0 Å². The van der Waals surface area contributed by atoms with E-state index in [0.717, 1.165) is 32.7 Å².